The van der Waals surface area contributed by atoms with Gasteiger partial charge in [0.1, 0.15) is 0 Å². The third-order valence-electron chi connectivity index (χ3n) is 7.00. The lowest BCUT2D eigenvalue weighted by molar-refractivity contribution is 0.515. The molecule has 0 heterocycles. The van der Waals surface area contributed by atoms with Crippen LogP contribution in [0, 0.1) is 0 Å². The first-order valence-corrected chi connectivity index (χ1v) is 15.2. The fourth-order valence-electron chi connectivity index (χ4n) is 4.77. The van der Waals surface area contributed by atoms with Crippen LogP contribution in [0.3, 0.4) is 0 Å². The predicted molar refractivity (Wildman–Crippen MR) is 150 cm³/mol. The molecule has 0 atom stereocenters. The van der Waals surface area contributed by atoms with E-state index in [1.165, 1.54) is 173 Å². The summed E-state index contributed by atoms with van der Waals surface area (Å²) in [6.45, 7) is 6.01. The van der Waals surface area contributed by atoms with Gasteiger partial charge in [0.2, 0.25) is 0 Å². The second kappa shape index (κ2) is 30.5. The van der Waals surface area contributed by atoms with Gasteiger partial charge in [-0.3, -0.25) is 0 Å². The zero-order valence-electron chi connectivity index (χ0n) is 22.5. The lowest BCUT2D eigenvalue weighted by Crippen LogP contribution is -1.84. The Labute approximate surface area is 205 Å². The molecule has 0 heteroatoms. The summed E-state index contributed by atoms with van der Waals surface area (Å²) in [6, 6.07) is 0. The van der Waals surface area contributed by atoms with E-state index in [0.29, 0.717) is 0 Å². The molecule has 0 nitrogen and oxygen atoms in total. The zero-order chi connectivity index (χ0) is 23.2. The van der Waals surface area contributed by atoms with Crippen molar-refractivity contribution >= 4 is 0 Å². The van der Waals surface area contributed by atoms with Gasteiger partial charge in [-0.1, -0.05) is 192 Å². The van der Waals surface area contributed by atoms with Crippen LogP contribution in [0.1, 0.15) is 180 Å². The third-order valence-corrected chi connectivity index (χ3v) is 7.00. The minimum Gasteiger partial charge on any atom is -0.0991 e. The summed E-state index contributed by atoms with van der Waals surface area (Å²) in [5.41, 5.74) is 0. The van der Waals surface area contributed by atoms with E-state index in [1.807, 2.05) is 6.08 Å². The summed E-state index contributed by atoms with van der Waals surface area (Å²) in [7, 11) is 0. The zero-order valence-corrected chi connectivity index (χ0v) is 22.5. The van der Waals surface area contributed by atoms with Crippen molar-refractivity contribution < 1.29 is 0 Å². The summed E-state index contributed by atoms with van der Waals surface area (Å²) in [6.07, 6.45) is 45.5. The van der Waals surface area contributed by atoms with Gasteiger partial charge in [-0.15, -0.1) is 0 Å². The summed E-state index contributed by atoms with van der Waals surface area (Å²) in [5.74, 6) is 0. The maximum atomic E-state index is 3.71. The number of allylic oxidation sites excluding steroid dienone is 3. The average Bonchev–Trinajstić information content (AvgIpc) is 2.81. The molecule has 0 aromatic heterocycles. The Kier molecular flexibility index (Phi) is 30.0. The van der Waals surface area contributed by atoms with Crippen molar-refractivity contribution in [1.82, 2.24) is 0 Å². The van der Waals surface area contributed by atoms with Gasteiger partial charge in [-0.05, 0) is 12.8 Å². The standard InChI is InChI=1S/C32H62/c1-3-5-7-9-11-13-15-17-19-21-23-25-27-29-31-32-30-28-26-24-22-20-18-16-14-12-10-8-6-4-2/h3,5,7H,1,4,6,8-32H2,2H3. The van der Waals surface area contributed by atoms with Gasteiger partial charge in [-0.2, -0.15) is 0 Å². The van der Waals surface area contributed by atoms with E-state index < -0.39 is 0 Å². The second-order valence-corrected chi connectivity index (χ2v) is 10.3. The van der Waals surface area contributed by atoms with Crippen LogP contribution in [0.5, 0.6) is 0 Å². The molecule has 0 N–H and O–H groups in total. The number of hydrogen-bond acceptors (Lipinski definition) is 0. The van der Waals surface area contributed by atoms with Crippen LogP contribution in [-0.2, 0) is 0 Å². The van der Waals surface area contributed by atoms with Gasteiger partial charge >= 0.3 is 0 Å². The van der Waals surface area contributed by atoms with Crippen LogP contribution in [0.25, 0.3) is 0 Å². The molecule has 0 rings (SSSR count). The van der Waals surface area contributed by atoms with E-state index in [9.17, 15) is 0 Å². The molecule has 0 aromatic rings. The first-order chi connectivity index (χ1) is 15.9. The maximum absolute atomic E-state index is 3.71. The van der Waals surface area contributed by atoms with Crippen molar-refractivity contribution in [2.75, 3.05) is 0 Å². The molecule has 0 bridgehead atoms. The Bertz CT molecular complexity index is 353. The first kappa shape index (κ1) is 31.5. The highest BCUT2D eigenvalue weighted by Crippen LogP contribution is 2.16. The number of rotatable bonds is 28. The molecule has 0 saturated heterocycles. The maximum Gasteiger partial charge on any atom is -0.0348 e. The molecule has 0 fully saturated rings. The summed E-state index contributed by atoms with van der Waals surface area (Å²) in [4.78, 5) is 0. The summed E-state index contributed by atoms with van der Waals surface area (Å²) < 4.78 is 0. The van der Waals surface area contributed by atoms with Crippen molar-refractivity contribution in [3.63, 3.8) is 0 Å². The van der Waals surface area contributed by atoms with Gasteiger partial charge < -0.3 is 0 Å². The normalized spacial score (nSPS) is 11.5. The van der Waals surface area contributed by atoms with Gasteiger partial charge in [0.05, 0.1) is 0 Å². The van der Waals surface area contributed by atoms with Crippen molar-refractivity contribution in [1.29, 1.82) is 0 Å². The molecule has 0 saturated carbocycles. The van der Waals surface area contributed by atoms with E-state index in [-0.39, 0.29) is 0 Å². The van der Waals surface area contributed by atoms with E-state index in [1.54, 1.807) is 0 Å². The summed E-state index contributed by atoms with van der Waals surface area (Å²) in [5, 5.41) is 0. The molecule has 32 heavy (non-hydrogen) atoms. The monoisotopic (exact) mass is 446 g/mol. The topological polar surface area (TPSA) is 0 Å². The smallest absolute Gasteiger partial charge is 0.0348 e. The van der Waals surface area contributed by atoms with Crippen LogP contribution < -0.4 is 0 Å². The average molecular weight is 447 g/mol. The van der Waals surface area contributed by atoms with Crippen molar-refractivity contribution in [3.05, 3.63) is 24.8 Å². The van der Waals surface area contributed by atoms with Gasteiger partial charge in [0.15, 0.2) is 0 Å². The van der Waals surface area contributed by atoms with Crippen molar-refractivity contribution in [3.8, 4) is 0 Å². The van der Waals surface area contributed by atoms with E-state index in [4.69, 9.17) is 0 Å². The molecular weight excluding hydrogens is 384 g/mol. The van der Waals surface area contributed by atoms with Crippen LogP contribution in [0.2, 0.25) is 0 Å². The SMILES string of the molecule is C=CC=CCCCCCCCCCCCCCCCCCCCCCCCCCCCC. The van der Waals surface area contributed by atoms with Gasteiger partial charge in [0, 0.05) is 0 Å². The molecule has 0 spiro atoms. The predicted octanol–water partition coefficient (Wildman–Crippen LogP) is 12.3. The van der Waals surface area contributed by atoms with E-state index in [2.05, 4.69) is 25.7 Å². The molecular formula is C32H62. The highest BCUT2D eigenvalue weighted by Gasteiger charge is 1.96. The van der Waals surface area contributed by atoms with Gasteiger partial charge in [0.25, 0.3) is 0 Å². The molecule has 0 amide bonds. The molecule has 0 unspecified atom stereocenters. The Morgan fingerprint density at radius 3 is 0.875 bits per heavy atom. The quantitative estimate of drug-likeness (QED) is 0.0827. The molecule has 0 aliphatic rings. The van der Waals surface area contributed by atoms with E-state index >= 15 is 0 Å². The molecule has 190 valence electrons. The van der Waals surface area contributed by atoms with Crippen LogP contribution >= 0.6 is 0 Å². The van der Waals surface area contributed by atoms with Crippen molar-refractivity contribution in [2.45, 2.75) is 180 Å². The molecule has 0 radical (unpaired) electrons. The third kappa shape index (κ3) is 29.5. The lowest BCUT2D eigenvalue weighted by atomic mass is 10.0. The second-order valence-electron chi connectivity index (χ2n) is 10.3. The number of hydrogen-bond donors (Lipinski definition) is 0. The summed E-state index contributed by atoms with van der Waals surface area (Å²) >= 11 is 0. The van der Waals surface area contributed by atoms with Crippen molar-refractivity contribution in [2.24, 2.45) is 0 Å². The Morgan fingerprint density at radius 1 is 0.375 bits per heavy atom. The highest BCUT2D eigenvalue weighted by molar-refractivity contribution is 4.96. The first-order valence-electron chi connectivity index (χ1n) is 15.2. The van der Waals surface area contributed by atoms with Crippen LogP contribution in [-0.4, -0.2) is 0 Å². The van der Waals surface area contributed by atoms with E-state index in [0.717, 1.165) is 0 Å². The fourth-order valence-corrected chi connectivity index (χ4v) is 4.77. The Balaban J connectivity index is 3.01. The molecule has 0 aliphatic heterocycles. The van der Waals surface area contributed by atoms with Gasteiger partial charge in [-0.25, -0.2) is 0 Å². The molecule has 0 aromatic carbocycles. The molecule has 0 aliphatic carbocycles. The minimum absolute atomic E-state index is 1.23. The minimum atomic E-state index is 1.23. The van der Waals surface area contributed by atoms with Crippen LogP contribution in [0.4, 0.5) is 0 Å². The van der Waals surface area contributed by atoms with Crippen LogP contribution in [0.15, 0.2) is 24.8 Å². The number of unbranched alkanes of at least 4 members (excludes halogenated alkanes) is 26. The Hall–Kier alpha value is -0.520. The largest absolute Gasteiger partial charge is 0.0991 e. The fraction of sp³-hybridized carbons (Fsp3) is 0.875. The lowest BCUT2D eigenvalue weighted by Gasteiger charge is -2.04. The Morgan fingerprint density at radius 2 is 0.625 bits per heavy atom. The highest BCUT2D eigenvalue weighted by atomic mass is 14.0.